The van der Waals surface area contributed by atoms with E-state index in [9.17, 15) is 33.6 Å². The number of likely N-dealkylation sites (N-methyl/N-ethyl adjacent to an activating group) is 1. The Balaban J connectivity index is 1.38. The Morgan fingerprint density at radius 1 is 0.885 bits per heavy atom. The Hall–Kier alpha value is -4.49. The summed E-state index contributed by atoms with van der Waals surface area (Å²) in [6.45, 7) is 7.33. The summed E-state index contributed by atoms with van der Waals surface area (Å²) >= 11 is 0. The van der Waals surface area contributed by atoms with Crippen LogP contribution in [0.25, 0.3) is 0 Å². The highest BCUT2D eigenvalue weighted by Gasteiger charge is 2.44. The molecule has 3 aliphatic rings. The first-order valence-electron chi connectivity index (χ1n) is 18.6. The number of carbonyl (C=O) groups is 7. The van der Waals surface area contributed by atoms with Gasteiger partial charge in [-0.15, -0.1) is 0 Å². The molecule has 2 saturated carbocycles. The second-order valence-electron chi connectivity index (χ2n) is 16.1. The molecule has 2 aliphatic carbocycles. The van der Waals surface area contributed by atoms with E-state index in [1.165, 1.54) is 9.80 Å². The lowest BCUT2D eigenvalue weighted by Crippen LogP contribution is -2.61. The molecule has 52 heavy (non-hydrogen) atoms. The van der Waals surface area contributed by atoms with Gasteiger partial charge < -0.3 is 36.4 Å². The smallest absolute Gasteiger partial charge is 0.315 e. The first kappa shape index (κ1) is 40.3. The van der Waals surface area contributed by atoms with Crippen molar-refractivity contribution in [2.24, 2.45) is 11.3 Å². The number of rotatable bonds is 14. The molecule has 14 heteroatoms. The average molecular weight is 724 g/mol. The van der Waals surface area contributed by atoms with Gasteiger partial charge in [0.2, 0.25) is 29.4 Å². The molecule has 4 unspecified atom stereocenters. The average Bonchev–Trinajstić information content (AvgIpc) is 3.77. The number of ketones is 1. The summed E-state index contributed by atoms with van der Waals surface area (Å²) in [5.74, 6) is -3.74. The van der Waals surface area contributed by atoms with Gasteiger partial charge in [-0.25, -0.2) is 4.79 Å². The SMILES string of the molecule is CN(C)C(=O)C(NC(=O)CNC(=O)C(=O)C(CC1CC1)NC(=O)C1CCCN1C(=O)C(NC(=O)NC1(C)CCCCC1)C(C)(C)C)c1ccccc1. The van der Waals surface area contributed by atoms with Crippen molar-refractivity contribution in [3.8, 4) is 0 Å². The number of urea groups is 1. The number of hydrogen-bond donors (Lipinski definition) is 5. The Morgan fingerprint density at radius 3 is 2.13 bits per heavy atom. The molecular formula is C38H57N7O7. The van der Waals surface area contributed by atoms with E-state index in [-0.39, 0.29) is 29.7 Å². The van der Waals surface area contributed by atoms with Gasteiger partial charge in [0.1, 0.15) is 18.1 Å². The number of Topliss-reactive ketones (excluding diaryl/α,β-unsaturated/α-hetero) is 1. The molecule has 0 spiro atoms. The molecule has 7 amide bonds. The zero-order valence-corrected chi connectivity index (χ0v) is 31.5. The summed E-state index contributed by atoms with van der Waals surface area (Å²) in [5, 5.41) is 13.7. The molecule has 4 rings (SSSR count). The minimum Gasteiger partial charge on any atom is -0.347 e. The Kier molecular flexibility index (Phi) is 13.4. The van der Waals surface area contributed by atoms with E-state index in [1.807, 2.05) is 27.7 Å². The predicted molar refractivity (Wildman–Crippen MR) is 194 cm³/mol. The number of nitrogens with zero attached hydrogens (tertiary/aromatic N) is 2. The third kappa shape index (κ3) is 11.0. The van der Waals surface area contributed by atoms with Crippen molar-refractivity contribution < 1.29 is 33.6 Å². The lowest BCUT2D eigenvalue weighted by molar-refractivity contribution is -0.144. The number of benzene rings is 1. The minimum atomic E-state index is -1.15. The van der Waals surface area contributed by atoms with Gasteiger partial charge in [-0.05, 0) is 55.9 Å². The topological polar surface area (TPSA) is 186 Å². The van der Waals surface area contributed by atoms with Gasteiger partial charge in [0.15, 0.2) is 0 Å². The van der Waals surface area contributed by atoms with E-state index in [2.05, 4.69) is 26.6 Å². The summed E-state index contributed by atoms with van der Waals surface area (Å²) in [7, 11) is 3.13. The summed E-state index contributed by atoms with van der Waals surface area (Å²) < 4.78 is 0. The second kappa shape index (κ2) is 17.4. The van der Waals surface area contributed by atoms with Gasteiger partial charge in [-0.1, -0.05) is 83.2 Å². The van der Waals surface area contributed by atoms with E-state index < -0.39 is 65.7 Å². The van der Waals surface area contributed by atoms with Crippen LogP contribution in [0, 0.1) is 11.3 Å². The molecule has 286 valence electrons. The van der Waals surface area contributed by atoms with E-state index in [0.717, 1.165) is 44.9 Å². The van der Waals surface area contributed by atoms with Crippen LogP contribution in [-0.4, -0.2) is 102 Å². The summed E-state index contributed by atoms with van der Waals surface area (Å²) in [5.41, 5.74) is -0.453. The quantitative estimate of drug-likeness (QED) is 0.182. The molecule has 0 radical (unpaired) electrons. The van der Waals surface area contributed by atoms with Gasteiger partial charge in [0, 0.05) is 26.2 Å². The molecule has 1 aromatic carbocycles. The zero-order chi connectivity index (χ0) is 38.2. The van der Waals surface area contributed by atoms with Crippen LogP contribution in [0.15, 0.2) is 30.3 Å². The summed E-state index contributed by atoms with van der Waals surface area (Å²) in [4.78, 5) is 95.9. The lowest BCUT2D eigenvalue weighted by Gasteiger charge is -2.38. The standard InChI is InChI=1S/C38H57N7O7/c1-37(2,3)31(42-36(52)43-38(4)19-11-8-12-20-38)35(51)45-21-13-16-27(45)32(48)40-26(22-24-17-18-24)30(47)33(49)39-23-28(46)41-29(34(50)44(5)6)25-14-9-7-10-15-25/h7,9-10,14-15,24,26-27,29,31H,8,11-13,16-23H2,1-6H3,(H,39,49)(H,40,48)(H,41,46)(H2,42,43,52). The normalized spacial score (nSPS) is 20.0. The van der Waals surface area contributed by atoms with Gasteiger partial charge >= 0.3 is 6.03 Å². The highest BCUT2D eigenvalue weighted by atomic mass is 16.2. The van der Waals surface area contributed by atoms with Crippen molar-refractivity contribution in [3.05, 3.63) is 35.9 Å². The number of hydrogen-bond acceptors (Lipinski definition) is 7. The number of likely N-dealkylation sites (tertiary alicyclic amines) is 1. The van der Waals surface area contributed by atoms with Gasteiger partial charge in [0.25, 0.3) is 5.91 Å². The summed E-state index contributed by atoms with van der Waals surface area (Å²) in [6.07, 6.45) is 7.80. The van der Waals surface area contributed by atoms with Crippen LogP contribution in [0.3, 0.4) is 0 Å². The van der Waals surface area contributed by atoms with Gasteiger partial charge in [0.05, 0.1) is 12.6 Å². The maximum absolute atomic E-state index is 14.0. The van der Waals surface area contributed by atoms with Crippen molar-refractivity contribution in [1.29, 1.82) is 0 Å². The minimum absolute atomic E-state index is 0.161. The molecule has 1 aliphatic heterocycles. The fourth-order valence-corrected chi connectivity index (χ4v) is 7.01. The second-order valence-corrected chi connectivity index (χ2v) is 16.1. The largest absolute Gasteiger partial charge is 0.347 e. The van der Waals surface area contributed by atoms with E-state index >= 15 is 0 Å². The lowest BCUT2D eigenvalue weighted by atomic mass is 9.83. The summed E-state index contributed by atoms with van der Waals surface area (Å²) in [6, 6.07) is 4.31. The van der Waals surface area contributed by atoms with E-state index in [0.29, 0.717) is 24.9 Å². The van der Waals surface area contributed by atoms with Crippen LogP contribution in [0.4, 0.5) is 4.79 Å². The zero-order valence-electron chi connectivity index (χ0n) is 31.5. The number of amides is 7. The third-order valence-electron chi connectivity index (χ3n) is 10.3. The third-order valence-corrected chi connectivity index (χ3v) is 10.3. The van der Waals surface area contributed by atoms with Crippen molar-refractivity contribution in [2.75, 3.05) is 27.2 Å². The molecule has 1 heterocycles. The maximum atomic E-state index is 14.0. The van der Waals surface area contributed by atoms with E-state index in [4.69, 9.17) is 0 Å². The molecule has 3 fully saturated rings. The molecule has 1 saturated heterocycles. The Labute approximate surface area is 306 Å². The van der Waals surface area contributed by atoms with Crippen molar-refractivity contribution in [1.82, 2.24) is 36.4 Å². The van der Waals surface area contributed by atoms with E-state index in [1.54, 1.807) is 44.4 Å². The molecule has 0 aromatic heterocycles. The molecule has 5 N–H and O–H groups in total. The Morgan fingerprint density at radius 2 is 1.54 bits per heavy atom. The molecule has 14 nitrogen and oxygen atoms in total. The fraction of sp³-hybridized carbons (Fsp3) is 0.658. The van der Waals surface area contributed by atoms with Gasteiger partial charge in [-0.2, -0.15) is 0 Å². The van der Waals surface area contributed by atoms with Crippen molar-refractivity contribution >= 4 is 41.4 Å². The monoisotopic (exact) mass is 723 g/mol. The highest BCUT2D eigenvalue weighted by Crippen LogP contribution is 2.34. The van der Waals surface area contributed by atoms with Crippen LogP contribution >= 0.6 is 0 Å². The molecule has 4 atom stereocenters. The highest BCUT2D eigenvalue weighted by molar-refractivity contribution is 6.38. The number of nitrogens with one attached hydrogen (secondary N) is 5. The first-order chi connectivity index (χ1) is 24.5. The Bertz CT molecular complexity index is 1480. The van der Waals surface area contributed by atoms with Crippen molar-refractivity contribution in [3.63, 3.8) is 0 Å². The molecule has 0 bridgehead atoms. The fourth-order valence-electron chi connectivity index (χ4n) is 7.01. The number of carbonyl (C=O) groups excluding carboxylic acids is 7. The molecule has 1 aromatic rings. The van der Waals surface area contributed by atoms with Crippen LogP contribution in [0.5, 0.6) is 0 Å². The van der Waals surface area contributed by atoms with Gasteiger partial charge in [-0.3, -0.25) is 28.8 Å². The maximum Gasteiger partial charge on any atom is 0.315 e. The predicted octanol–water partition coefficient (Wildman–Crippen LogP) is 2.33. The van der Waals surface area contributed by atoms with Crippen LogP contribution in [0.1, 0.15) is 104 Å². The molecular weight excluding hydrogens is 666 g/mol. The van der Waals surface area contributed by atoms with Crippen LogP contribution < -0.4 is 26.6 Å². The first-order valence-corrected chi connectivity index (χ1v) is 18.6. The van der Waals surface area contributed by atoms with Crippen LogP contribution in [0.2, 0.25) is 0 Å². The van der Waals surface area contributed by atoms with Crippen LogP contribution in [-0.2, 0) is 28.8 Å². The van der Waals surface area contributed by atoms with Crippen molar-refractivity contribution in [2.45, 2.75) is 122 Å².